The normalized spacial score (nSPS) is 19.2. The van der Waals surface area contributed by atoms with Crippen molar-refractivity contribution in [3.63, 3.8) is 0 Å². The highest BCUT2D eigenvalue weighted by Gasteiger charge is 2.35. The molecular weight excluding hydrogens is 318 g/mol. The Labute approximate surface area is 139 Å². The minimum Gasteiger partial charge on any atom is -0.321 e. The summed E-state index contributed by atoms with van der Waals surface area (Å²) in [6.45, 7) is 6.17. The van der Waals surface area contributed by atoms with Gasteiger partial charge in [0.05, 0.1) is 5.88 Å². The minimum atomic E-state index is -0.379. The number of hydrogen-bond donors (Lipinski definition) is 1. The smallest absolute Gasteiger partial charge is 0.249 e. The standard InChI is InChI=1S/C15H23N3O2S2/c1-4-5-10(2)6-13(19)18-9-21-8-12(18)14(20)17-15-16-7-11(3)22-15/h7,10,12H,4-6,8-9H2,1-3H3,(H,16,17,20). The summed E-state index contributed by atoms with van der Waals surface area (Å²) in [5.74, 6) is 1.59. The molecule has 1 aliphatic heterocycles. The Kier molecular flexibility index (Phi) is 6.26. The van der Waals surface area contributed by atoms with Gasteiger partial charge in [-0.3, -0.25) is 9.59 Å². The Morgan fingerprint density at radius 1 is 1.55 bits per heavy atom. The van der Waals surface area contributed by atoms with Crippen molar-refractivity contribution in [2.45, 2.75) is 46.1 Å². The van der Waals surface area contributed by atoms with Crippen molar-refractivity contribution in [3.8, 4) is 0 Å². The molecule has 1 aromatic heterocycles. The molecule has 0 bridgehead atoms. The quantitative estimate of drug-likeness (QED) is 0.863. The minimum absolute atomic E-state index is 0.0846. The van der Waals surface area contributed by atoms with Crippen LogP contribution in [0.4, 0.5) is 5.13 Å². The van der Waals surface area contributed by atoms with Crippen LogP contribution in [-0.2, 0) is 9.59 Å². The third kappa shape index (κ3) is 4.46. The van der Waals surface area contributed by atoms with Crippen LogP contribution in [0.15, 0.2) is 6.20 Å². The molecular formula is C15H23N3O2S2. The maximum absolute atomic E-state index is 12.4. The molecule has 22 heavy (non-hydrogen) atoms. The number of hydrogen-bond acceptors (Lipinski definition) is 5. The first-order valence-corrected chi connectivity index (χ1v) is 9.58. The zero-order valence-corrected chi connectivity index (χ0v) is 14.9. The summed E-state index contributed by atoms with van der Waals surface area (Å²) < 4.78 is 0. The highest BCUT2D eigenvalue weighted by Crippen LogP contribution is 2.25. The van der Waals surface area contributed by atoms with Crippen molar-refractivity contribution >= 4 is 40.0 Å². The van der Waals surface area contributed by atoms with E-state index in [4.69, 9.17) is 0 Å². The molecule has 5 nitrogen and oxygen atoms in total. The number of carbonyl (C=O) groups excluding carboxylic acids is 2. The molecule has 2 amide bonds. The lowest BCUT2D eigenvalue weighted by atomic mass is 10.0. The van der Waals surface area contributed by atoms with Gasteiger partial charge in [0.25, 0.3) is 0 Å². The van der Waals surface area contributed by atoms with Crippen LogP contribution in [0.3, 0.4) is 0 Å². The van der Waals surface area contributed by atoms with Crippen LogP contribution in [0.25, 0.3) is 0 Å². The van der Waals surface area contributed by atoms with Gasteiger partial charge in [-0.1, -0.05) is 26.7 Å². The number of anilines is 1. The van der Waals surface area contributed by atoms with Gasteiger partial charge in [0.1, 0.15) is 6.04 Å². The Hall–Kier alpha value is -1.08. The SMILES string of the molecule is CCCC(C)CC(=O)N1CSCC1C(=O)Nc1ncc(C)s1. The number of nitrogens with zero attached hydrogens (tertiary/aromatic N) is 2. The Balaban J connectivity index is 1.94. The van der Waals surface area contributed by atoms with E-state index in [0.29, 0.717) is 29.1 Å². The number of rotatable bonds is 6. The molecule has 1 N–H and O–H groups in total. The van der Waals surface area contributed by atoms with Gasteiger partial charge in [-0.15, -0.1) is 23.1 Å². The zero-order chi connectivity index (χ0) is 16.1. The first kappa shape index (κ1) is 17.3. The molecule has 2 atom stereocenters. The highest BCUT2D eigenvalue weighted by atomic mass is 32.2. The summed E-state index contributed by atoms with van der Waals surface area (Å²) in [5.41, 5.74) is 0. The predicted octanol–water partition coefficient (Wildman–Crippen LogP) is 3.12. The highest BCUT2D eigenvalue weighted by molar-refractivity contribution is 7.99. The van der Waals surface area contributed by atoms with Crippen molar-refractivity contribution in [1.29, 1.82) is 0 Å². The first-order chi connectivity index (χ1) is 10.5. The largest absolute Gasteiger partial charge is 0.321 e. The summed E-state index contributed by atoms with van der Waals surface area (Å²) in [7, 11) is 0. The van der Waals surface area contributed by atoms with Crippen LogP contribution in [0.1, 0.15) is 38.0 Å². The third-order valence-corrected chi connectivity index (χ3v) is 5.50. The number of carbonyl (C=O) groups is 2. The monoisotopic (exact) mass is 341 g/mol. The average Bonchev–Trinajstić information content (AvgIpc) is 3.07. The van der Waals surface area contributed by atoms with Crippen molar-refractivity contribution in [1.82, 2.24) is 9.88 Å². The van der Waals surface area contributed by atoms with Crippen LogP contribution in [-0.4, -0.2) is 39.4 Å². The van der Waals surface area contributed by atoms with Gasteiger partial charge in [-0.05, 0) is 12.8 Å². The summed E-state index contributed by atoms with van der Waals surface area (Å²) in [4.78, 5) is 31.7. The van der Waals surface area contributed by atoms with Gasteiger partial charge in [0.2, 0.25) is 11.8 Å². The van der Waals surface area contributed by atoms with E-state index in [2.05, 4.69) is 24.1 Å². The molecule has 1 fully saturated rings. The Bertz CT molecular complexity index is 533. The lowest BCUT2D eigenvalue weighted by molar-refractivity contribution is -0.137. The van der Waals surface area contributed by atoms with Gasteiger partial charge < -0.3 is 10.2 Å². The molecule has 122 valence electrons. The molecule has 1 saturated heterocycles. The number of amides is 2. The van der Waals surface area contributed by atoms with E-state index in [1.54, 1.807) is 22.9 Å². The fourth-order valence-corrected chi connectivity index (χ4v) is 4.37. The number of aromatic nitrogens is 1. The van der Waals surface area contributed by atoms with E-state index in [-0.39, 0.29) is 17.9 Å². The van der Waals surface area contributed by atoms with Gasteiger partial charge in [0, 0.05) is 23.2 Å². The number of thiazole rings is 1. The summed E-state index contributed by atoms with van der Waals surface area (Å²) in [6, 6.07) is -0.379. The van der Waals surface area contributed by atoms with Crippen molar-refractivity contribution < 1.29 is 9.59 Å². The lowest BCUT2D eigenvalue weighted by Gasteiger charge is -2.24. The van der Waals surface area contributed by atoms with E-state index >= 15 is 0 Å². The fourth-order valence-electron chi connectivity index (χ4n) is 2.52. The third-order valence-electron chi connectivity index (χ3n) is 3.66. The van der Waals surface area contributed by atoms with E-state index < -0.39 is 0 Å². The van der Waals surface area contributed by atoms with Crippen LogP contribution >= 0.6 is 23.1 Å². The number of aryl methyl sites for hydroxylation is 1. The van der Waals surface area contributed by atoms with Crippen LogP contribution < -0.4 is 5.32 Å². The van der Waals surface area contributed by atoms with E-state index in [1.165, 1.54) is 11.3 Å². The molecule has 0 aliphatic carbocycles. The molecule has 0 radical (unpaired) electrons. The topological polar surface area (TPSA) is 62.3 Å². The summed E-state index contributed by atoms with van der Waals surface area (Å²) >= 11 is 3.08. The van der Waals surface area contributed by atoms with Gasteiger partial charge in [-0.25, -0.2) is 4.98 Å². The van der Waals surface area contributed by atoms with Gasteiger partial charge in [-0.2, -0.15) is 0 Å². The number of thioether (sulfide) groups is 1. The zero-order valence-electron chi connectivity index (χ0n) is 13.3. The maximum Gasteiger partial charge on any atom is 0.249 e. The lowest BCUT2D eigenvalue weighted by Crippen LogP contribution is -2.44. The van der Waals surface area contributed by atoms with E-state index in [1.807, 2.05) is 6.92 Å². The maximum atomic E-state index is 12.4. The van der Waals surface area contributed by atoms with Crippen molar-refractivity contribution in [2.24, 2.45) is 5.92 Å². The van der Waals surface area contributed by atoms with E-state index in [9.17, 15) is 9.59 Å². The summed E-state index contributed by atoms with van der Waals surface area (Å²) in [5, 5.41) is 3.43. The molecule has 1 aliphatic rings. The molecule has 0 spiro atoms. The molecule has 1 aromatic rings. The molecule has 0 aromatic carbocycles. The molecule has 2 rings (SSSR count). The van der Waals surface area contributed by atoms with E-state index in [0.717, 1.165) is 17.7 Å². The second-order valence-corrected chi connectivity index (χ2v) is 7.98. The molecule has 7 heteroatoms. The van der Waals surface area contributed by atoms with Crippen LogP contribution in [0, 0.1) is 12.8 Å². The summed E-state index contributed by atoms with van der Waals surface area (Å²) in [6.07, 6.45) is 4.38. The van der Waals surface area contributed by atoms with Crippen LogP contribution in [0.2, 0.25) is 0 Å². The molecule has 2 unspecified atom stereocenters. The van der Waals surface area contributed by atoms with Crippen molar-refractivity contribution in [2.75, 3.05) is 16.9 Å². The molecule has 0 saturated carbocycles. The second-order valence-electron chi connectivity index (χ2n) is 5.74. The van der Waals surface area contributed by atoms with Gasteiger partial charge in [0.15, 0.2) is 5.13 Å². The fraction of sp³-hybridized carbons (Fsp3) is 0.667. The second kappa shape index (κ2) is 7.97. The Morgan fingerprint density at radius 3 is 2.95 bits per heavy atom. The average molecular weight is 342 g/mol. The van der Waals surface area contributed by atoms with Crippen molar-refractivity contribution in [3.05, 3.63) is 11.1 Å². The predicted molar refractivity (Wildman–Crippen MR) is 92.1 cm³/mol. The molecule has 2 heterocycles. The van der Waals surface area contributed by atoms with Crippen LogP contribution in [0.5, 0.6) is 0 Å². The van der Waals surface area contributed by atoms with Gasteiger partial charge >= 0.3 is 0 Å². The Morgan fingerprint density at radius 2 is 2.32 bits per heavy atom. The first-order valence-electron chi connectivity index (χ1n) is 7.61. The number of nitrogens with one attached hydrogen (secondary N) is 1.